The van der Waals surface area contributed by atoms with E-state index in [-0.39, 0.29) is 25.0 Å². The predicted molar refractivity (Wildman–Crippen MR) is 84.3 cm³/mol. The van der Waals surface area contributed by atoms with Gasteiger partial charge in [0.15, 0.2) is 0 Å². The topological polar surface area (TPSA) is 66.8 Å². The molecule has 1 aliphatic carbocycles. The molecule has 1 spiro atoms. The largest absolute Gasteiger partial charge is 0.389 e. The lowest BCUT2D eigenvalue weighted by molar-refractivity contribution is -0.143. The number of β-amino-alcohol motifs (C(OH)–C–C–N with tert-alkyl or cyclic N) is 1. The van der Waals surface area contributed by atoms with E-state index in [1.807, 2.05) is 30.3 Å². The molecule has 2 fully saturated rings. The van der Waals surface area contributed by atoms with Gasteiger partial charge in [0.25, 0.3) is 0 Å². The second-order valence-electron chi connectivity index (χ2n) is 6.63. The lowest BCUT2D eigenvalue weighted by atomic mass is 9.84. The molecule has 1 N–H and O–H groups in total. The first-order valence-electron chi connectivity index (χ1n) is 8.25. The third-order valence-corrected chi connectivity index (χ3v) is 4.87. The maximum Gasteiger partial charge on any atom is 0.235 e. The summed E-state index contributed by atoms with van der Waals surface area (Å²) < 4.78 is 5.48. The molecule has 0 radical (unpaired) electrons. The molecular weight excluding hydrogens is 294 g/mol. The summed E-state index contributed by atoms with van der Waals surface area (Å²) >= 11 is 0. The number of carbonyl (C=O) groups is 2. The Bertz CT molecular complexity index is 566. The van der Waals surface area contributed by atoms with E-state index in [0.717, 1.165) is 31.2 Å². The molecule has 1 saturated carbocycles. The smallest absolute Gasteiger partial charge is 0.235 e. The highest BCUT2D eigenvalue weighted by atomic mass is 16.5. The molecule has 124 valence electrons. The van der Waals surface area contributed by atoms with Gasteiger partial charge in [0.05, 0.1) is 31.3 Å². The SMILES string of the molecule is O=C1CC2(CCCC2)C(=O)N1CC(O)COCc1ccccc1. The average molecular weight is 317 g/mol. The number of imide groups is 1. The van der Waals surface area contributed by atoms with Gasteiger partial charge in [-0.2, -0.15) is 0 Å². The minimum atomic E-state index is -0.844. The van der Waals surface area contributed by atoms with Gasteiger partial charge in [-0.25, -0.2) is 0 Å². The highest BCUT2D eigenvalue weighted by Crippen LogP contribution is 2.46. The van der Waals surface area contributed by atoms with E-state index in [2.05, 4.69) is 0 Å². The Kier molecular flexibility index (Phi) is 4.78. The summed E-state index contributed by atoms with van der Waals surface area (Å²) in [6.45, 7) is 0.552. The molecule has 23 heavy (non-hydrogen) atoms. The van der Waals surface area contributed by atoms with E-state index in [1.54, 1.807) is 0 Å². The van der Waals surface area contributed by atoms with E-state index in [1.165, 1.54) is 4.90 Å². The number of benzene rings is 1. The van der Waals surface area contributed by atoms with Crippen LogP contribution in [0.2, 0.25) is 0 Å². The number of nitrogens with zero attached hydrogens (tertiary/aromatic N) is 1. The Labute approximate surface area is 136 Å². The van der Waals surface area contributed by atoms with Crippen LogP contribution >= 0.6 is 0 Å². The van der Waals surface area contributed by atoms with Crippen molar-refractivity contribution >= 4 is 11.8 Å². The Balaban J connectivity index is 1.49. The highest BCUT2D eigenvalue weighted by molar-refractivity contribution is 6.06. The number of likely N-dealkylation sites (tertiary alicyclic amines) is 1. The molecule has 0 bridgehead atoms. The van der Waals surface area contributed by atoms with E-state index in [9.17, 15) is 14.7 Å². The van der Waals surface area contributed by atoms with Gasteiger partial charge in [-0.3, -0.25) is 14.5 Å². The molecule has 1 aliphatic heterocycles. The minimum Gasteiger partial charge on any atom is -0.389 e. The summed E-state index contributed by atoms with van der Waals surface area (Å²) in [7, 11) is 0. The molecular formula is C18H23NO4. The number of rotatable bonds is 6. The van der Waals surface area contributed by atoms with E-state index in [4.69, 9.17) is 4.74 Å². The normalized spacial score (nSPS) is 21.3. The van der Waals surface area contributed by atoms with Crippen LogP contribution in [0.15, 0.2) is 30.3 Å². The average Bonchev–Trinajstić information content (AvgIpc) is 3.10. The molecule has 1 unspecified atom stereocenters. The first-order chi connectivity index (χ1) is 11.1. The predicted octanol–water partition coefficient (Wildman–Crippen LogP) is 1.88. The highest BCUT2D eigenvalue weighted by Gasteiger charge is 2.52. The van der Waals surface area contributed by atoms with Crippen LogP contribution in [0.1, 0.15) is 37.7 Å². The van der Waals surface area contributed by atoms with Crippen LogP contribution in [0.5, 0.6) is 0 Å². The van der Waals surface area contributed by atoms with Gasteiger partial charge in [0.1, 0.15) is 0 Å². The summed E-state index contributed by atoms with van der Waals surface area (Å²) in [6, 6.07) is 9.69. The molecule has 2 amide bonds. The van der Waals surface area contributed by atoms with Gasteiger partial charge in [-0.15, -0.1) is 0 Å². The standard InChI is InChI=1S/C18H23NO4/c20-15(13-23-12-14-6-2-1-3-7-14)11-19-16(21)10-18(17(19)22)8-4-5-9-18/h1-3,6-7,15,20H,4-5,8-13H2. The second-order valence-corrected chi connectivity index (χ2v) is 6.63. The van der Waals surface area contributed by atoms with Crippen LogP contribution in [0.4, 0.5) is 0 Å². The number of amides is 2. The van der Waals surface area contributed by atoms with E-state index >= 15 is 0 Å². The first kappa shape index (κ1) is 16.1. The summed E-state index contributed by atoms with van der Waals surface area (Å²) in [4.78, 5) is 25.9. The molecule has 1 atom stereocenters. The number of hydrogen-bond acceptors (Lipinski definition) is 4. The first-order valence-corrected chi connectivity index (χ1v) is 8.25. The van der Waals surface area contributed by atoms with Crippen LogP contribution < -0.4 is 0 Å². The number of carbonyl (C=O) groups excluding carboxylic acids is 2. The van der Waals surface area contributed by atoms with Gasteiger partial charge in [0, 0.05) is 6.42 Å². The Morgan fingerprint density at radius 1 is 1.17 bits per heavy atom. The number of aliphatic hydroxyl groups is 1. The fourth-order valence-corrected chi connectivity index (χ4v) is 3.64. The minimum absolute atomic E-state index is 0.0359. The summed E-state index contributed by atoms with van der Waals surface area (Å²) in [6.07, 6.45) is 3.08. The van der Waals surface area contributed by atoms with Crippen molar-refractivity contribution in [1.82, 2.24) is 4.90 Å². The molecule has 5 heteroatoms. The summed E-state index contributed by atoms with van der Waals surface area (Å²) in [5, 5.41) is 10.1. The third-order valence-electron chi connectivity index (χ3n) is 4.87. The summed E-state index contributed by atoms with van der Waals surface area (Å²) in [5.41, 5.74) is 0.555. The van der Waals surface area contributed by atoms with Crippen LogP contribution in [0, 0.1) is 5.41 Å². The van der Waals surface area contributed by atoms with Crippen LogP contribution in [0.25, 0.3) is 0 Å². The lowest BCUT2D eigenvalue weighted by Gasteiger charge is -2.22. The zero-order valence-corrected chi connectivity index (χ0v) is 13.2. The molecule has 0 aromatic heterocycles. The quantitative estimate of drug-likeness (QED) is 0.814. The maximum absolute atomic E-state index is 12.5. The van der Waals surface area contributed by atoms with Crippen LogP contribution in [0.3, 0.4) is 0 Å². The van der Waals surface area contributed by atoms with Crippen molar-refractivity contribution in [2.45, 2.75) is 44.8 Å². The molecule has 1 aromatic carbocycles. The van der Waals surface area contributed by atoms with Gasteiger partial charge in [-0.1, -0.05) is 43.2 Å². The van der Waals surface area contributed by atoms with Gasteiger partial charge in [0.2, 0.25) is 11.8 Å². The van der Waals surface area contributed by atoms with Crippen LogP contribution in [-0.4, -0.2) is 41.1 Å². The van der Waals surface area contributed by atoms with Crippen molar-refractivity contribution in [2.75, 3.05) is 13.2 Å². The fourth-order valence-electron chi connectivity index (χ4n) is 3.64. The Hall–Kier alpha value is -1.72. The molecule has 5 nitrogen and oxygen atoms in total. The summed E-state index contributed by atoms with van der Waals surface area (Å²) in [5.74, 6) is -0.249. The second kappa shape index (κ2) is 6.81. The molecule has 1 heterocycles. The Morgan fingerprint density at radius 2 is 1.87 bits per heavy atom. The fraction of sp³-hybridized carbons (Fsp3) is 0.556. The van der Waals surface area contributed by atoms with Gasteiger partial charge >= 0.3 is 0 Å². The van der Waals surface area contributed by atoms with E-state index in [0.29, 0.717) is 13.0 Å². The lowest BCUT2D eigenvalue weighted by Crippen LogP contribution is -2.40. The van der Waals surface area contributed by atoms with Crippen molar-refractivity contribution in [3.8, 4) is 0 Å². The van der Waals surface area contributed by atoms with Crippen molar-refractivity contribution < 1.29 is 19.4 Å². The zero-order chi connectivity index (χ0) is 16.3. The number of aliphatic hydroxyl groups excluding tert-OH is 1. The Morgan fingerprint density at radius 3 is 2.57 bits per heavy atom. The molecule has 1 aromatic rings. The van der Waals surface area contributed by atoms with Crippen molar-refractivity contribution in [3.63, 3.8) is 0 Å². The van der Waals surface area contributed by atoms with E-state index < -0.39 is 11.5 Å². The number of hydrogen-bond donors (Lipinski definition) is 1. The zero-order valence-electron chi connectivity index (χ0n) is 13.2. The molecule has 2 aliphatic rings. The van der Waals surface area contributed by atoms with Crippen molar-refractivity contribution in [3.05, 3.63) is 35.9 Å². The maximum atomic E-state index is 12.5. The van der Waals surface area contributed by atoms with Gasteiger partial charge < -0.3 is 9.84 Å². The van der Waals surface area contributed by atoms with Crippen LogP contribution in [-0.2, 0) is 20.9 Å². The third kappa shape index (κ3) is 3.46. The molecule has 1 saturated heterocycles. The van der Waals surface area contributed by atoms with Crippen molar-refractivity contribution in [2.24, 2.45) is 5.41 Å². The molecule has 3 rings (SSSR count). The van der Waals surface area contributed by atoms with Crippen molar-refractivity contribution in [1.29, 1.82) is 0 Å². The monoisotopic (exact) mass is 317 g/mol. The van der Waals surface area contributed by atoms with Gasteiger partial charge in [-0.05, 0) is 18.4 Å². The number of ether oxygens (including phenoxy) is 1.